The maximum absolute atomic E-state index is 12.7. The summed E-state index contributed by atoms with van der Waals surface area (Å²) in [4.78, 5) is 16.9. The SMILES string of the molecule is CCCCOc1c(Cl)cc(C(=O)Nc2ccnc3ccnn23)cc1OCC. The van der Waals surface area contributed by atoms with Crippen molar-refractivity contribution in [2.75, 3.05) is 18.5 Å². The summed E-state index contributed by atoms with van der Waals surface area (Å²) in [6.45, 7) is 4.92. The average molecular weight is 389 g/mol. The van der Waals surface area contributed by atoms with Crippen LogP contribution in [0.1, 0.15) is 37.0 Å². The van der Waals surface area contributed by atoms with Gasteiger partial charge in [-0.1, -0.05) is 24.9 Å². The minimum atomic E-state index is -0.332. The second-order valence-corrected chi connectivity index (χ2v) is 6.21. The molecule has 0 saturated heterocycles. The smallest absolute Gasteiger partial charge is 0.257 e. The number of anilines is 1. The lowest BCUT2D eigenvalue weighted by molar-refractivity contribution is 0.102. The third-order valence-corrected chi connectivity index (χ3v) is 4.13. The monoisotopic (exact) mass is 388 g/mol. The molecule has 1 N–H and O–H groups in total. The van der Waals surface area contributed by atoms with E-state index in [1.54, 1.807) is 41.2 Å². The maximum Gasteiger partial charge on any atom is 0.257 e. The lowest BCUT2D eigenvalue weighted by Crippen LogP contribution is -2.15. The van der Waals surface area contributed by atoms with Crippen molar-refractivity contribution in [2.24, 2.45) is 0 Å². The first-order valence-corrected chi connectivity index (χ1v) is 9.21. The molecule has 0 spiro atoms. The van der Waals surface area contributed by atoms with E-state index < -0.39 is 0 Å². The first kappa shape index (κ1) is 19.0. The van der Waals surface area contributed by atoms with E-state index in [0.29, 0.717) is 46.8 Å². The van der Waals surface area contributed by atoms with Gasteiger partial charge in [0.05, 0.1) is 24.4 Å². The van der Waals surface area contributed by atoms with E-state index in [1.807, 2.05) is 6.92 Å². The quantitative estimate of drug-likeness (QED) is 0.585. The fourth-order valence-corrected chi connectivity index (χ4v) is 2.80. The second kappa shape index (κ2) is 8.73. The number of halogens is 1. The highest BCUT2D eigenvalue weighted by molar-refractivity contribution is 6.32. The van der Waals surface area contributed by atoms with E-state index in [0.717, 1.165) is 12.8 Å². The molecule has 0 unspecified atom stereocenters. The Bertz CT molecular complexity index is 942. The van der Waals surface area contributed by atoms with Crippen LogP contribution in [0.3, 0.4) is 0 Å². The minimum absolute atomic E-state index is 0.332. The number of amides is 1. The van der Waals surface area contributed by atoms with Gasteiger partial charge < -0.3 is 14.8 Å². The van der Waals surface area contributed by atoms with Crippen LogP contribution in [-0.4, -0.2) is 33.7 Å². The molecule has 3 rings (SSSR count). The van der Waals surface area contributed by atoms with Crippen molar-refractivity contribution in [1.29, 1.82) is 0 Å². The van der Waals surface area contributed by atoms with Crippen molar-refractivity contribution in [1.82, 2.24) is 14.6 Å². The Hall–Kier alpha value is -2.80. The van der Waals surface area contributed by atoms with E-state index in [9.17, 15) is 4.79 Å². The highest BCUT2D eigenvalue weighted by atomic mass is 35.5. The van der Waals surface area contributed by atoms with Gasteiger partial charge in [-0.15, -0.1) is 0 Å². The maximum atomic E-state index is 12.7. The predicted octanol–water partition coefficient (Wildman–Crippen LogP) is 4.21. The van der Waals surface area contributed by atoms with Gasteiger partial charge in [0.15, 0.2) is 17.1 Å². The normalized spacial score (nSPS) is 10.8. The van der Waals surface area contributed by atoms with Gasteiger partial charge in [0, 0.05) is 17.8 Å². The highest BCUT2D eigenvalue weighted by Gasteiger charge is 2.17. The van der Waals surface area contributed by atoms with Crippen molar-refractivity contribution >= 4 is 29.0 Å². The molecular formula is C19H21ClN4O3. The largest absolute Gasteiger partial charge is 0.490 e. The molecule has 0 aliphatic heterocycles. The minimum Gasteiger partial charge on any atom is -0.490 e. The number of carbonyl (C=O) groups is 1. The van der Waals surface area contributed by atoms with Crippen molar-refractivity contribution in [3.8, 4) is 11.5 Å². The van der Waals surface area contributed by atoms with Crippen LogP contribution >= 0.6 is 11.6 Å². The molecule has 3 aromatic rings. The van der Waals surface area contributed by atoms with Crippen LogP contribution in [-0.2, 0) is 0 Å². The molecule has 0 aliphatic rings. The number of hydrogen-bond acceptors (Lipinski definition) is 5. The van der Waals surface area contributed by atoms with Crippen molar-refractivity contribution in [3.05, 3.63) is 47.2 Å². The molecule has 27 heavy (non-hydrogen) atoms. The molecule has 0 atom stereocenters. The number of nitrogens with zero attached hydrogens (tertiary/aromatic N) is 3. The first-order valence-electron chi connectivity index (χ1n) is 8.83. The van der Waals surface area contributed by atoms with Crippen LogP contribution in [0, 0.1) is 0 Å². The Balaban J connectivity index is 1.86. The molecule has 2 aromatic heterocycles. The molecular weight excluding hydrogens is 368 g/mol. The molecule has 0 fully saturated rings. The van der Waals surface area contributed by atoms with Gasteiger partial charge in [0.1, 0.15) is 5.82 Å². The zero-order valence-corrected chi connectivity index (χ0v) is 16.0. The Morgan fingerprint density at radius 1 is 1.22 bits per heavy atom. The van der Waals surface area contributed by atoms with E-state index >= 15 is 0 Å². The number of nitrogens with one attached hydrogen (secondary N) is 1. The number of fused-ring (bicyclic) bond motifs is 1. The number of hydrogen-bond donors (Lipinski definition) is 1. The van der Waals surface area contributed by atoms with Gasteiger partial charge in [0.25, 0.3) is 5.91 Å². The van der Waals surface area contributed by atoms with Gasteiger partial charge >= 0.3 is 0 Å². The molecule has 1 aromatic carbocycles. The van der Waals surface area contributed by atoms with E-state index in [-0.39, 0.29) is 5.91 Å². The first-order chi connectivity index (χ1) is 13.1. The summed E-state index contributed by atoms with van der Waals surface area (Å²) in [7, 11) is 0. The van der Waals surface area contributed by atoms with Crippen LogP contribution in [0.5, 0.6) is 11.5 Å². The van der Waals surface area contributed by atoms with Crippen LogP contribution in [0.2, 0.25) is 5.02 Å². The van der Waals surface area contributed by atoms with Crippen LogP contribution in [0.4, 0.5) is 5.82 Å². The summed E-state index contributed by atoms with van der Waals surface area (Å²) in [6.07, 6.45) is 5.14. The molecule has 1 amide bonds. The fourth-order valence-electron chi connectivity index (χ4n) is 2.54. The lowest BCUT2D eigenvalue weighted by Gasteiger charge is -2.15. The summed E-state index contributed by atoms with van der Waals surface area (Å²) < 4.78 is 12.9. The summed E-state index contributed by atoms with van der Waals surface area (Å²) in [5, 5.41) is 7.31. The van der Waals surface area contributed by atoms with E-state index in [1.165, 1.54) is 0 Å². The molecule has 8 heteroatoms. The molecule has 2 heterocycles. The van der Waals surface area contributed by atoms with Crippen LogP contribution in [0.15, 0.2) is 36.7 Å². The van der Waals surface area contributed by atoms with Crippen LogP contribution < -0.4 is 14.8 Å². The summed E-state index contributed by atoms with van der Waals surface area (Å²) in [6, 6.07) is 6.63. The summed E-state index contributed by atoms with van der Waals surface area (Å²) in [5.41, 5.74) is 1.00. The second-order valence-electron chi connectivity index (χ2n) is 5.81. The predicted molar refractivity (Wildman–Crippen MR) is 104 cm³/mol. The number of benzene rings is 1. The van der Waals surface area contributed by atoms with E-state index in [4.69, 9.17) is 21.1 Å². The lowest BCUT2D eigenvalue weighted by atomic mass is 10.2. The van der Waals surface area contributed by atoms with Gasteiger partial charge in [-0.05, 0) is 31.5 Å². The molecule has 0 bridgehead atoms. The Morgan fingerprint density at radius 3 is 2.85 bits per heavy atom. The standard InChI is InChI=1S/C19H21ClN4O3/c1-3-5-10-27-18-14(20)11-13(12-15(18)26-4-2)19(25)23-17-6-8-21-16-7-9-22-24(16)17/h6-9,11-12H,3-5,10H2,1-2H3,(H,23,25). The summed E-state index contributed by atoms with van der Waals surface area (Å²) in [5.74, 6) is 1.08. The number of ether oxygens (including phenoxy) is 2. The summed E-state index contributed by atoms with van der Waals surface area (Å²) >= 11 is 6.36. The third kappa shape index (κ3) is 4.31. The average Bonchev–Trinajstić information content (AvgIpc) is 3.13. The topological polar surface area (TPSA) is 77.8 Å². The zero-order chi connectivity index (χ0) is 19.2. The Morgan fingerprint density at radius 2 is 2.07 bits per heavy atom. The highest BCUT2D eigenvalue weighted by Crippen LogP contribution is 2.37. The van der Waals surface area contributed by atoms with Crippen molar-refractivity contribution in [2.45, 2.75) is 26.7 Å². The third-order valence-electron chi connectivity index (χ3n) is 3.85. The molecule has 142 valence electrons. The number of carbonyl (C=O) groups excluding carboxylic acids is 1. The molecule has 0 radical (unpaired) electrons. The fraction of sp³-hybridized carbons (Fsp3) is 0.316. The Kier molecular flexibility index (Phi) is 6.13. The number of rotatable bonds is 8. The van der Waals surface area contributed by atoms with Gasteiger partial charge in [-0.3, -0.25) is 4.79 Å². The zero-order valence-electron chi connectivity index (χ0n) is 15.2. The molecule has 0 saturated carbocycles. The number of aromatic nitrogens is 3. The van der Waals surface area contributed by atoms with E-state index in [2.05, 4.69) is 22.3 Å². The van der Waals surface area contributed by atoms with Gasteiger partial charge in [0.2, 0.25) is 0 Å². The van der Waals surface area contributed by atoms with Gasteiger partial charge in [-0.2, -0.15) is 9.61 Å². The Labute approximate surface area is 162 Å². The van der Waals surface area contributed by atoms with Gasteiger partial charge in [-0.25, -0.2) is 4.98 Å². The number of unbranched alkanes of at least 4 members (excludes halogenated alkanes) is 1. The molecule has 0 aliphatic carbocycles. The van der Waals surface area contributed by atoms with Crippen LogP contribution in [0.25, 0.3) is 5.65 Å². The molecule has 7 nitrogen and oxygen atoms in total. The van der Waals surface area contributed by atoms with Crippen molar-refractivity contribution in [3.63, 3.8) is 0 Å². The van der Waals surface area contributed by atoms with Crippen molar-refractivity contribution < 1.29 is 14.3 Å².